The fourth-order valence-electron chi connectivity index (χ4n) is 2.63. The van der Waals surface area contributed by atoms with Gasteiger partial charge in [0.1, 0.15) is 17.6 Å². The van der Waals surface area contributed by atoms with Gasteiger partial charge in [0.25, 0.3) is 0 Å². The molecule has 0 aliphatic rings. The largest absolute Gasteiger partial charge is 0.495 e. The first kappa shape index (κ1) is 19.7. The van der Waals surface area contributed by atoms with E-state index in [1.54, 1.807) is 31.2 Å². The molecule has 1 N–H and O–H groups in total. The third-order valence-electron chi connectivity index (χ3n) is 3.78. The second-order valence-corrected chi connectivity index (χ2v) is 7.48. The number of amides is 1. The van der Waals surface area contributed by atoms with Gasteiger partial charge in [-0.3, -0.25) is 9.10 Å². The number of ether oxygens (including phenoxy) is 1. The number of nitrogens with one attached hydrogen (secondary N) is 1. The molecule has 26 heavy (non-hydrogen) atoms. The number of carbonyl (C=O) groups excluding carboxylic acids is 1. The number of carbonyl (C=O) groups is 1. The molecule has 2 aromatic carbocycles. The number of methoxy groups -OCH3 is 1. The number of nitrogens with zero attached hydrogens (tertiary/aromatic N) is 1. The first-order valence-electron chi connectivity index (χ1n) is 7.97. The van der Waals surface area contributed by atoms with Gasteiger partial charge < -0.3 is 10.1 Å². The quantitative estimate of drug-likeness (QED) is 0.801. The Labute approximate surface area is 152 Å². The number of hydrogen-bond donors (Lipinski definition) is 1. The van der Waals surface area contributed by atoms with E-state index in [4.69, 9.17) is 4.74 Å². The molecule has 0 spiro atoms. The van der Waals surface area contributed by atoms with Crippen LogP contribution in [0.1, 0.15) is 13.3 Å². The van der Waals surface area contributed by atoms with Crippen LogP contribution in [0.25, 0.3) is 0 Å². The van der Waals surface area contributed by atoms with Crippen LogP contribution in [-0.4, -0.2) is 33.7 Å². The molecule has 2 rings (SSSR count). The molecule has 0 aromatic heterocycles. The van der Waals surface area contributed by atoms with Crippen molar-refractivity contribution in [1.82, 2.24) is 0 Å². The summed E-state index contributed by atoms with van der Waals surface area (Å²) in [5.41, 5.74) is 0.234. The molecule has 2 aromatic rings. The van der Waals surface area contributed by atoms with Gasteiger partial charge in [0.15, 0.2) is 0 Å². The maximum atomic E-state index is 14.2. The van der Waals surface area contributed by atoms with Crippen molar-refractivity contribution < 1.29 is 22.3 Å². The highest BCUT2D eigenvalue weighted by atomic mass is 32.2. The molecule has 1 amide bonds. The van der Waals surface area contributed by atoms with E-state index in [1.165, 1.54) is 25.3 Å². The van der Waals surface area contributed by atoms with Gasteiger partial charge in [-0.1, -0.05) is 31.2 Å². The molecule has 6 nitrogen and oxygen atoms in total. The minimum absolute atomic E-state index is 0.155. The first-order chi connectivity index (χ1) is 12.3. The zero-order valence-electron chi connectivity index (χ0n) is 14.8. The number of hydrogen-bond acceptors (Lipinski definition) is 4. The molecular formula is C18H21FN2O4S. The minimum atomic E-state index is -3.90. The zero-order chi connectivity index (χ0) is 19.3. The van der Waals surface area contributed by atoms with Crippen molar-refractivity contribution in [3.05, 3.63) is 54.3 Å². The Morgan fingerprint density at radius 1 is 1.19 bits per heavy atom. The Morgan fingerprint density at radius 3 is 2.38 bits per heavy atom. The fraction of sp³-hybridized carbons (Fsp3) is 0.278. The van der Waals surface area contributed by atoms with Crippen LogP contribution in [0.2, 0.25) is 0 Å². The number of rotatable bonds is 7. The van der Waals surface area contributed by atoms with Gasteiger partial charge in [0.05, 0.1) is 24.7 Å². The van der Waals surface area contributed by atoms with Crippen molar-refractivity contribution in [3.8, 4) is 5.75 Å². The standard InChI is InChI=1S/C18H21FN2O4S/c1-4-15(18(22)20-14-10-6-8-12-17(14)25-2)21(26(3,23)24)16-11-7-5-9-13(16)19/h5-12,15H,4H2,1-3H3,(H,20,22)/t15-/m1/s1. The van der Waals surface area contributed by atoms with Crippen molar-refractivity contribution in [2.75, 3.05) is 23.0 Å². The average molecular weight is 380 g/mol. The molecule has 0 aliphatic heterocycles. The summed E-state index contributed by atoms with van der Waals surface area (Å²) in [5.74, 6) is -0.861. The summed E-state index contributed by atoms with van der Waals surface area (Å²) in [6.45, 7) is 1.66. The van der Waals surface area contributed by atoms with Crippen molar-refractivity contribution in [2.24, 2.45) is 0 Å². The van der Waals surface area contributed by atoms with Crippen molar-refractivity contribution >= 4 is 27.3 Å². The molecule has 0 heterocycles. The van der Waals surface area contributed by atoms with Crippen LogP contribution in [0.3, 0.4) is 0 Å². The lowest BCUT2D eigenvalue weighted by molar-refractivity contribution is -0.117. The zero-order valence-corrected chi connectivity index (χ0v) is 15.6. The lowest BCUT2D eigenvalue weighted by Gasteiger charge is -2.30. The maximum Gasteiger partial charge on any atom is 0.248 e. The molecule has 0 aliphatic carbocycles. The normalized spacial score (nSPS) is 12.3. The lowest BCUT2D eigenvalue weighted by atomic mass is 10.1. The van der Waals surface area contributed by atoms with Gasteiger partial charge in [-0.15, -0.1) is 0 Å². The topological polar surface area (TPSA) is 75.7 Å². The molecule has 1 atom stereocenters. The Kier molecular flexibility index (Phi) is 6.20. The first-order valence-corrected chi connectivity index (χ1v) is 9.82. The highest BCUT2D eigenvalue weighted by Gasteiger charge is 2.33. The molecule has 0 saturated heterocycles. The van der Waals surface area contributed by atoms with Gasteiger partial charge in [-0.05, 0) is 30.7 Å². The van der Waals surface area contributed by atoms with E-state index in [-0.39, 0.29) is 12.1 Å². The van der Waals surface area contributed by atoms with Gasteiger partial charge >= 0.3 is 0 Å². The maximum absolute atomic E-state index is 14.2. The molecule has 0 radical (unpaired) electrons. The molecule has 0 bridgehead atoms. The molecule has 140 valence electrons. The summed E-state index contributed by atoms with van der Waals surface area (Å²) in [4.78, 5) is 12.8. The van der Waals surface area contributed by atoms with Crippen LogP contribution in [0, 0.1) is 5.82 Å². The molecule has 0 unspecified atom stereocenters. The third-order valence-corrected chi connectivity index (χ3v) is 4.95. The number of halogens is 1. The summed E-state index contributed by atoms with van der Waals surface area (Å²) in [5, 5.41) is 2.66. The lowest BCUT2D eigenvalue weighted by Crippen LogP contribution is -2.47. The van der Waals surface area contributed by atoms with Gasteiger partial charge in [-0.25, -0.2) is 12.8 Å². The summed E-state index contributed by atoms with van der Waals surface area (Å²) in [7, 11) is -2.44. The minimum Gasteiger partial charge on any atom is -0.495 e. The smallest absolute Gasteiger partial charge is 0.248 e. The number of para-hydroxylation sites is 3. The van der Waals surface area contributed by atoms with Crippen molar-refractivity contribution in [2.45, 2.75) is 19.4 Å². The van der Waals surface area contributed by atoms with Crippen molar-refractivity contribution in [3.63, 3.8) is 0 Å². The number of sulfonamides is 1. The Bertz CT molecular complexity index is 886. The third kappa shape index (κ3) is 4.32. The second kappa shape index (κ2) is 8.18. The predicted octanol–water partition coefficient (Wildman–Crippen LogP) is 3.02. The highest BCUT2D eigenvalue weighted by molar-refractivity contribution is 7.92. The number of benzene rings is 2. The number of anilines is 2. The van der Waals surface area contributed by atoms with Crippen LogP contribution in [0.5, 0.6) is 5.75 Å². The van der Waals surface area contributed by atoms with Crippen LogP contribution >= 0.6 is 0 Å². The van der Waals surface area contributed by atoms with E-state index in [1.807, 2.05) is 0 Å². The highest BCUT2D eigenvalue weighted by Crippen LogP contribution is 2.28. The van der Waals surface area contributed by atoms with E-state index in [0.717, 1.165) is 16.6 Å². The molecule has 0 fully saturated rings. The van der Waals surface area contributed by atoms with Crippen LogP contribution in [0.4, 0.5) is 15.8 Å². The van der Waals surface area contributed by atoms with Gasteiger partial charge in [-0.2, -0.15) is 0 Å². The van der Waals surface area contributed by atoms with Gasteiger partial charge in [0, 0.05) is 0 Å². The van der Waals surface area contributed by atoms with Crippen LogP contribution < -0.4 is 14.4 Å². The molecule has 0 saturated carbocycles. The fourth-order valence-corrected chi connectivity index (χ4v) is 3.84. The second-order valence-electron chi connectivity index (χ2n) is 5.62. The molecular weight excluding hydrogens is 359 g/mol. The van der Waals surface area contributed by atoms with Crippen LogP contribution in [-0.2, 0) is 14.8 Å². The van der Waals surface area contributed by atoms with Crippen LogP contribution in [0.15, 0.2) is 48.5 Å². The average Bonchev–Trinajstić information content (AvgIpc) is 2.59. The predicted molar refractivity (Wildman–Crippen MR) is 99.4 cm³/mol. The van der Waals surface area contributed by atoms with Gasteiger partial charge in [0.2, 0.25) is 15.9 Å². The van der Waals surface area contributed by atoms with Crippen molar-refractivity contribution in [1.29, 1.82) is 0 Å². The Balaban J connectivity index is 2.42. The summed E-state index contributed by atoms with van der Waals surface area (Å²) in [6.07, 6.45) is 1.10. The van der Waals surface area contributed by atoms with E-state index >= 15 is 0 Å². The van der Waals surface area contributed by atoms with E-state index in [9.17, 15) is 17.6 Å². The monoisotopic (exact) mass is 380 g/mol. The molecule has 8 heteroatoms. The van der Waals surface area contributed by atoms with E-state index in [2.05, 4.69) is 5.32 Å². The summed E-state index contributed by atoms with van der Waals surface area (Å²) in [6, 6.07) is 11.1. The summed E-state index contributed by atoms with van der Waals surface area (Å²) >= 11 is 0. The van der Waals surface area contributed by atoms with E-state index < -0.39 is 27.8 Å². The SMILES string of the molecule is CC[C@H](C(=O)Nc1ccccc1OC)N(c1ccccc1F)S(C)(=O)=O. The summed E-state index contributed by atoms with van der Waals surface area (Å²) < 4.78 is 44.9. The Hall–Kier alpha value is -2.61. The Morgan fingerprint density at radius 2 is 1.81 bits per heavy atom. The van der Waals surface area contributed by atoms with E-state index in [0.29, 0.717) is 11.4 Å².